The molecule has 0 aliphatic carbocycles. The number of ether oxygens (including phenoxy) is 1. The molecule has 4 aromatic rings. The van der Waals surface area contributed by atoms with Crippen LogP contribution in [0.5, 0.6) is 5.75 Å². The van der Waals surface area contributed by atoms with Gasteiger partial charge in [-0.25, -0.2) is 0 Å². The fraction of sp³-hybridized carbons (Fsp3) is 0.0769. The van der Waals surface area contributed by atoms with Gasteiger partial charge in [-0.3, -0.25) is 0 Å². The molecule has 0 bridgehead atoms. The maximum absolute atomic E-state index is 5.46. The topological polar surface area (TPSA) is 21.3 Å². The molecule has 0 amide bonds. The number of hydrogen-bond acceptors (Lipinski definition) is 2. The lowest BCUT2D eigenvalue weighted by Crippen LogP contribution is -1.97. The van der Waals surface area contributed by atoms with Crippen molar-refractivity contribution in [2.24, 2.45) is 0 Å². The third-order valence-electron chi connectivity index (χ3n) is 5.13. The predicted molar refractivity (Wildman–Crippen MR) is 121 cm³/mol. The highest BCUT2D eigenvalue weighted by molar-refractivity contribution is 6.08. The van der Waals surface area contributed by atoms with Crippen LogP contribution in [0.3, 0.4) is 0 Å². The standard InChI is InChI=1S/C26H23NO/c1-4-18-16-20-17-21(28-3)14-15-22(20)26(19-10-6-5-7-11-19)25(18)23-12-8-9-13-24(23)27-2/h4-17,27H,1H2,2-3H3. The van der Waals surface area contributed by atoms with Gasteiger partial charge in [0.1, 0.15) is 5.75 Å². The van der Waals surface area contributed by atoms with Crippen LogP contribution >= 0.6 is 0 Å². The second-order valence-electron chi connectivity index (χ2n) is 6.67. The molecule has 0 heterocycles. The molecule has 0 fully saturated rings. The summed E-state index contributed by atoms with van der Waals surface area (Å²) in [6.07, 6.45) is 1.94. The minimum absolute atomic E-state index is 0.852. The molecular weight excluding hydrogens is 342 g/mol. The van der Waals surface area contributed by atoms with Gasteiger partial charge in [0, 0.05) is 18.3 Å². The smallest absolute Gasteiger partial charge is 0.119 e. The number of nitrogens with one attached hydrogen (secondary N) is 1. The van der Waals surface area contributed by atoms with Crippen molar-refractivity contribution >= 4 is 22.5 Å². The molecule has 0 aromatic heterocycles. The summed E-state index contributed by atoms with van der Waals surface area (Å²) in [5, 5.41) is 5.67. The summed E-state index contributed by atoms with van der Waals surface area (Å²) in [5.74, 6) is 0.852. The van der Waals surface area contributed by atoms with Crippen LogP contribution in [0.1, 0.15) is 5.56 Å². The van der Waals surface area contributed by atoms with Crippen LogP contribution in [0.2, 0.25) is 0 Å². The van der Waals surface area contributed by atoms with Gasteiger partial charge >= 0.3 is 0 Å². The first kappa shape index (κ1) is 17.9. The van der Waals surface area contributed by atoms with Crippen LogP contribution in [0.15, 0.2) is 85.4 Å². The predicted octanol–water partition coefficient (Wildman–Crippen LogP) is 6.87. The maximum Gasteiger partial charge on any atom is 0.119 e. The van der Waals surface area contributed by atoms with E-state index in [9.17, 15) is 0 Å². The van der Waals surface area contributed by atoms with Gasteiger partial charge in [0.2, 0.25) is 0 Å². The third-order valence-corrected chi connectivity index (χ3v) is 5.13. The second kappa shape index (κ2) is 7.61. The lowest BCUT2D eigenvalue weighted by molar-refractivity contribution is 0.415. The van der Waals surface area contributed by atoms with Crippen LogP contribution in [0, 0.1) is 0 Å². The van der Waals surface area contributed by atoms with E-state index >= 15 is 0 Å². The summed E-state index contributed by atoms with van der Waals surface area (Å²) >= 11 is 0. The molecule has 2 heteroatoms. The highest BCUT2D eigenvalue weighted by Gasteiger charge is 2.18. The highest BCUT2D eigenvalue weighted by Crippen LogP contribution is 2.44. The van der Waals surface area contributed by atoms with Gasteiger partial charge in [0.05, 0.1) is 7.11 Å². The summed E-state index contributed by atoms with van der Waals surface area (Å²) in [6, 6.07) is 27.4. The molecule has 4 rings (SSSR count). The van der Waals surface area contributed by atoms with Gasteiger partial charge in [-0.05, 0) is 57.3 Å². The van der Waals surface area contributed by atoms with E-state index in [1.807, 2.05) is 25.3 Å². The number of fused-ring (bicyclic) bond motifs is 1. The van der Waals surface area contributed by atoms with Gasteiger partial charge in [-0.2, -0.15) is 0 Å². The van der Waals surface area contributed by atoms with Crippen molar-refractivity contribution in [3.05, 3.63) is 91.0 Å². The fourth-order valence-corrected chi connectivity index (χ4v) is 3.81. The lowest BCUT2D eigenvalue weighted by atomic mass is 9.85. The Morgan fingerprint density at radius 2 is 1.61 bits per heavy atom. The lowest BCUT2D eigenvalue weighted by Gasteiger charge is -2.20. The number of hydrogen-bond donors (Lipinski definition) is 1. The van der Waals surface area contributed by atoms with Gasteiger partial charge in [-0.1, -0.05) is 67.3 Å². The van der Waals surface area contributed by atoms with Crippen molar-refractivity contribution in [2.45, 2.75) is 0 Å². The maximum atomic E-state index is 5.46. The quantitative estimate of drug-likeness (QED) is 0.417. The number of methoxy groups -OCH3 is 1. The molecule has 0 unspecified atom stereocenters. The van der Waals surface area contributed by atoms with Crippen molar-refractivity contribution in [1.29, 1.82) is 0 Å². The van der Waals surface area contributed by atoms with E-state index in [0.717, 1.165) is 28.0 Å². The zero-order valence-corrected chi connectivity index (χ0v) is 16.2. The Hall–Kier alpha value is -3.52. The molecule has 0 atom stereocenters. The Morgan fingerprint density at radius 3 is 2.32 bits per heavy atom. The molecular formula is C26H23NO. The minimum Gasteiger partial charge on any atom is -0.497 e. The van der Waals surface area contributed by atoms with E-state index in [1.165, 1.54) is 22.1 Å². The zero-order valence-electron chi connectivity index (χ0n) is 16.2. The molecule has 138 valence electrons. The highest BCUT2D eigenvalue weighted by atomic mass is 16.5. The van der Waals surface area contributed by atoms with E-state index in [1.54, 1.807) is 7.11 Å². The third kappa shape index (κ3) is 3.03. The van der Waals surface area contributed by atoms with Crippen molar-refractivity contribution in [1.82, 2.24) is 0 Å². The van der Waals surface area contributed by atoms with Crippen LogP contribution < -0.4 is 10.1 Å². The van der Waals surface area contributed by atoms with Gasteiger partial charge < -0.3 is 10.1 Å². The first-order chi connectivity index (χ1) is 13.8. The summed E-state index contributed by atoms with van der Waals surface area (Å²) in [7, 11) is 3.66. The molecule has 0 saturated heterocycles. The minimum atomic E-state index is 0.852. The van der Waals surface area contributed by atoms with E-state index in [0.29, 0.717) is 0 Å². The molecule has 0 radical (unpaired) electrons. The first-order valence-electron chi connectivity index (χ1n) is 9.36. The monoisotopic (exact) mass is 365 g/mol. The molecule has 0 spiro atoms. The Labute approximate surface area is 166 Å². The van der Waals surface area contributed by atoms with E-state index in [4.69, 9.17) is 4.74 Å². The Bertz CT molecular complexity index is 1150. The molecule has 0 aliphatic heterocycles. The summed E-state index contributed by atoms with van der Waals surface area (Å²) in [6.45, 7) is 4.11. The number of para-hydroxylation sites is 1. The largest absolute Gasteiger partial charge is 0.497 e. The summed E-state index contributed by atoms with van der Waals surface area (Å²) in [5.41, 5.74) is 6.93. The molecule has 4 aromatic carbocycles. The summed E-state index contributed by atoms with van der Waals surface area (Å²) in [4.78, 5) is 0. The van der Waals surface area contributed by atoms with Crippen LogP contribution in [-0.2, 0) is 0 Å². The number of rotatable bonds is 5. The normalized spacial score (nSPS) is 10.6. The van der Waals surface area contributed by atoms with Crippen molar-refractivity contribution < 1.29 is 4.74 Å². The van der Waals surface area contributed by atoms with Crippen LogP contribution in [0.25, 0.3) is 39.1 Å². The Balaban J connectivity index is 2.18. The van der Waals surface area contributed by atoms with Gasteiger partial charge in [0.25, 0.3) is 0 Å². The Morgan fingerprint density at radius 1 is 0.857 bits per heavy atom. The molecule has 28 heavy (non-hydrogen) atoms. The van der Waals surface area contributed by atoms with E-state index < -0.39 is 0 Å². The first-order valence-corrected chi connectivity index (χ1v) is 9.36. The van der Waals surface area contributed by atoms with Crippen molar-refractivity contribution in [3.8, 4) is 28.0 Å². The Kier molecular flexibility index (Phi) is 4.86. The average molecular weight is 365 g/mol. The zero-order chi connectivity index (χ0) is 19.5. The van der Waals surface area contributed by atoms with Crippen LogP contribution in [0.4, 0.5) is 5.69 Å². The number of anilines is 1. The molecule has 1 N–H and O–H groups in total. The molecule has 0 saturated carbocycles. The fourth-order valence-electron chi connectivity index (χ4n) is 3.81. The second-order valence-corrected chi connectivity index (χ2v) is 6.67. The van der Waals surface area contributed by atoms with Crippen molar-refractivity contribution in [2.75, 3.05) is 19.5 Å². The van der Waals surface area contributed by atoms with Gasteiger partial charge in [-0.15, -0.1) is 0 Å². The summed E-state index contributed by atoms with van der Waals surface area (Å²) < 4.78 is 5.46. The molecule has 0 aliphatic rings. The molecule has 2 nitrogen and oxygen atoms in total. The van der Waals surface area contributed by atoms with Gasteiger partial charge in [0.15, 0.2) is 0 Å². The number of benzene rings is 4. The van der Waals surface area contributed by atoms with E-state index in [2.05, 4.69) is 78.6 Å². The average Bonchev–Trinajstić information content (AvgIpc) is 2.77. The van der Waals surface area contributed by atoms with Crippen LogP contribution in [-0.4, -0.2) is 14.2 Å². The van der Waals surface area contributed by atoms with E-state index in [-0.39, 0.29) is 0 Å². The van der Waals surface area contributed by atoms with Crippen molar-refractivity contribution in [3.63, 3.8) is 0 Å². The SMILES string of the molecule is C=Cc1cc2cc(OC)ccc2c(-c2ccccc2)c1-c1ccccc1NC.